The Kier molecular flexibility index (Phi) is 5.52. The van der Waals surface area contributed by atoms with Gasteiger partial charge in [-0.2, -0.15) is 0 Å². The minimum atomic E-state index is -1.64. The zero-order valence-electron chi connectivity index (χ0n) is 19.5. The summed E-state index contributed by atoms with van der Waals surface area (Å²) in [4.78, 5) is 41.6. The Bertz CT molecular complexity index is 1230. The summed E-state index contributed by atoms with van der Waals surface area (Å²) in [5, 5.41) is 16.2. The largest absolute Gasteiger partial charge is 0.493 e. The molecule has 0 bridgehead atoms. The van der Waals surface area contributed by atoms with E-state index in [-0.39, 0.29) is 12.1 Å². The molecular weight excluding hydrogens is 457 g/mol. The highest BCUT2D eigenvalue weighted by atomic mass is 19.1. The Balaban J connectivity index is 1.49. The Morgan fingerprint density at radius 2 is 1.83 bits per heavy atom. The van der Waals surface area contributed by atoms with E-state index in [0.717, 1.165) is 10.5 Å². The predicted octanol–water partition coefficient (Wildman–Crippen LogP) is 1.19. The highest BCUT2D eigenvalue weighted by molar-refractivity contribution is 6.15. The van der Waals surface area contributed by atoms with Crippen LogP contribution in [0.5, 0.6) is 11.5 Å². The molecule has 0 unspecified atom stereocenters. The number of imide groups is 1. The maximum atomic E-state index is 14.2. The third-order valence-electron chi connectivity index (χ3n) is 7.29. The molecule has 3 N–H and O–H groups in total. The van der Waals surface area contributed by atoms with Crippen LogP contribution < -0.4 is 20.1 Å². The van der Waals surface area contributed by atoms with Crippen molar-refractivity contribution in [2.75, 3.05) is 26.1 Å². The molecule has 3 heterocycles. The Morgan fingerprint density at radius 1 is 1.09 bits per heavy atom. The number of halogens is 1. The summed E-state index contributed by atoms with van der Waals surface area (Å²) >= 11 is 0. The minimum absolute atomic E-state index is 0.0837. The van der Waals surface area contributed by atoms with E-state index in [0.29, 0.717) is 23.6 Å². The van der Waals surface area contributed by atoms with E-state index in [1.165, 1.54) is 39.3 Å². The number of hydrogen-bond donors (Lipinski definition) is 3. The van der Waals surface area contributed by atoms with Crippen LogP contribution in [0.4, 0.5) is 10.1 Å². The number of hydrogen-bond acceptors (Lipinski definition) is 7. The number of amides is 3. The number of nitrogens with zero attached hydrogens (tertiary/aromatic N) is 1. The highest BCUT2D eigenvalue weighted by Gasteiger charge is 2.71. The van der Waals surface area contributed by atoms with Crippen LogP contribution in [0.1, 0.15) is 18.1 Å². The summed E-state index contributed by atoms with van der Waals surface area (Å²) in [5.41, 5.74) is -0.179. The van der Waals surface area contributed by atoms with Crippen LogP contribution in [0.25, 0.3) is 0 Å². The van der Waals surface area contributed by atoms with Gasteiger partial charge < -0.3 is 19.9 Å². The number of aliphatic hydroxyl groups is 1. The van der Waals surface area contributed by atoms with Crippen molar-refractivity contribution in [3.05, 3.63) is 53.3 Å². The first kappa shape index (κ1) is 23.3. The normalized spacial score (nSPS) is 27.7. The molecule has 0 aromatic heterocycles. The third-order valence-corrected chi connectivity index (χ3v) is 7.29. The topological polar surface area (TPSA) is 117 Å². The van der Waals surface area contributed by atoms with E-state index in [1.807, 2.05) is 6.07 Å². The van der Waals surface area contributed by atoms with Gasteiger partial charge in [0, 0.05) is 23.8 Å². The molecule has 2 aromatic rings. The van der Waals surface area contributed by atoms with Crippen LogP contribution in [0, 0.1) is 17.7 Å². The van der Waals surface area contributed by atoms with E-state index in [2.05, 4.69) is 10.6 Å². The van der Waals surface area contributed by atoms with Gasteiger partial charge in [0.2, 0.25) is 17.7 Å². The first-order valence-electron chi connectivity index (χ1n) is 11.4. The smallest absolute Gasteiger partial charge is 0.250 e. The number of fused-ring (bicyclic) bond motifs is 4. The number of benzene rings is 2. The molecule has 0 aliphatic carbocycles. The van der Waals surface area contributed by atoms with Gasteiger partial charge in [-0.1, -0.05) is 6.07 Å². The number of likely N-dealkylation sites (tertiary alicyclic amines) is 1. The monoisotopic (exact) mass is 483 g/mol. The second kappa shape index (κ2) is 8.31. The van der Waals surface area contributed by atoms with E-state index < -0.39 is 53.1 Å². The number of carbonyl (C=O) groups is 3. The first-order chi connectivity index (χ1) is 16.7. The zero-order valence-corrected chi connectivity index (χ0v) is 19.5. The van der Waals surface area contributed by atoms with Crippen LogP contribution in [0.3, 0.4) is 0 Å². The van der Waals surface area contributed by atoms with E-state index >= 15 is 0 Å². The summed E-state index contributed by atoms with van der Waals surface area (Å²) < 4.78 is 24.8. The molecule has 184 valence electrons. The maximum Gasteiger partial charge on any atom is 0.250 e. The fraction of sp³-hybridized carbons (Fsp3) is 0.400. The molecule has 5 atom stereocenters. The Labute approximate surface area is 201 Å². The molecule has 0 saturated carbocycles. The quantitative estimate of drug-likeness (QED) is 0.529. The fourth-order valence-electron chi connectivity index (χ4n) is 5.68. The predicted molar refractivity (Wildman–Crippen MR) is 122 cm³/mol. The van der Waals surface area contributed by atoms with Crippen LogP contribution in [-0.4, -0.2) is 60.6 Å². The lowest BCUT2D eigenvalue weighted by atomic mass is 9.76. The van der Waals surface area contributed by atoms with Crippen molar-refractivity contribution in [1.82, 2.24) is 10.2 Å². The van der Waals surface area contributed by atoms with Gasteiger partial charge in [-0.05, 0) is 49.2 Å². The second-order valence-electron chi connectivity index (χ2n) is 9.13. The van der Waals surface area contributed by atoms with Crippen molar-refractivity contribution in [2.45, 2.75) is 31.0 Å². The molecule has 3 amide bonds. The number of anilines is 1. The molecule has 9 nitrogen and oxygen atoms in total. The van der Waals surface area contributed by atoms with Crippen molar-refractivity contribution in [1.29, 1.82) is 0 Å². The number of ether oxygens (including phenoxy) is 2. The maximum absolute atomic E-state index is 14.2. The Hall–Kier alpha value is -3.50. The SMILES string of the molecule is COc1ccc(CCN2C(=O)[C@@H]3[C@H]([C@H](C)O)N[C@@]4(C(=O)Nc5ccc(F)cc54)[C@@H]3C2=O)cc1OC. The third kappa shape index (κ3) is 3.31. The van der Waals surface area contributed by atoms with Gasteiger partial charge in [-0.25, -0.2) is 4.39 Å². The summed E-state index contributed by atoms with van der Waals surface area (Å²) in [5.74, 6) is -3.09. The van der Waals surface area contributed by atoms with Gasteiger partial charge in [-0.3, -0.25) is 24.6 Å². The Morgan fingerprint density at radius 3 is 2.51 bits per heavy atom. The van der Waals surface area contributed by atoms with Crippen molar-refractivity contribution in [2.24, 2.45) is 11.8 Å². The van der Waals surface area contributed by atoms with Crippen LogP contribution in [0.2, 0.25) is 0 Å². The molecule has 3 aliphatic rings. The van der Waals surface area contributed by atoms with Gasteiger partial charge in [0.1, 0.15) is 11.4 Å². The molecule has 2 fully saturated rings. The molecule has 35 heavy (non-hydrogen) atoms. The fourth-order valence-corrected chi connectivity index (χ4v) is 5.68. The highest BCUT2D eigenvalue weighted by Crippen LogP contribution is 2.53. The van der Waals surface area contributed by atoms with Crippen molar-refractivity contribution >= 4 is 23.4 Å². The minimum Gasteiger partial charge on any atom is -0.493 e. The summed E-state index contributed by atoms with van der Waals surface area (Å²) in [6, 6.07) is 8.32. The summed E-state index contributed by atoms with van der Waals surface area (Å²) in [6.45, 7) is 1.58. The average Bonchev–Trinajstić information content (AvgIpc) is 3.43. The number of rotatable bonds is 6. The molecule has 5 rings (SSSR count). The van der Waals surface area contributed by atoms with Crippen molar-refractivity contribution < 1.29 is 33.4 Å². The molecule has 1 spiro atoms. The van der Waals surface area contributed by atoms with Gasteiger partial charge in [-0.15, -0.1) is 0 Å². The van der Waals surface area contributed by atoms with Crippen LogP contribution >= 0.6 is 0 Å². The van der Waals surface area contributed by atoms with E-state index in [4.69, 9.17) is 9.47 Å². The molecule has 0 radical (unpaired) electrons. The number of aliphatic hydroxyl groups excluding tert-OH is 1. The van der Waals surface area contributed by atoms with Crippen molar-refractivity contribution in [3.8, 4) is 11.5 Å². The first-order valence-corrected chi connectivity index (χ1v) is 11.4. The lowest BCUT2D eigenvalue weighted by molar-refractivity contribution is -0.143. The van der Waals surface area contributed by atoms with Gasteiger partial charge in [0.05, 0.1) is 32.2 Å². The molecular formula is C25H26FN3O6. The molecule has 10 heteroatoms. The average molecular weight is 483 g/mol. The standard InChI is InChI=1S/C25H26FN3O6/c1-12(30)21-19-20(25(28-21)15-11-14(26)5-6-16(15)27-24(25)33)23(32)29(22(19)31)9-8-13-4-7-17(34-2)18(10-13)35-3/h4-7,10-12,19-21,28,30H,8-9H2,1-3H3,(H,27,33)/t12-,19-,20-,21-,25+/m0/s1. The van der Waals surface area contributed by atoms with E-state index in [1.54, 1.807) is 12.1 Å². The van der Waals surface area contributed by atoms with E-state index in [9.17, 15) is 23.9 Å². The summed E-state index contributed by atoms with van der Waals surface area (Å²) in [6.07, 6.45) is -0.677. The second-order valence-corrected chi connectivity index (χ2v) is 9.13. The van der Waals surface area contributed by atoms with Gasteiger partial charge in [0.15, 0.2) is 11.5 Å². The van der Waals surface area contributed by atoms with Gasteiger partial charge >= 0.3 is 0 Å². The van der Waals surface area contributed by atoms with Crippen molar-refractivity contribution in [3.63, 3.8) is 0 Å². The number of nitrogens with one attached hydrogen (secondary N) is 2. The van der Waals surface area contributed by atoms with Crippen LogP contribution in [0.15, 0.2) is 36.4 Å². The molecule has 2 saturated heterocycles. The lowest BCUT2D eigenvalue weighted by Gasteiger charge is -2.30. The van der Waals surface area contributed by atoms with Crippen LogP contribution in [-0.2, 0) is 26.3 Å². The number of methoxy groups -OCH3 is 2. The zero-order chi connectivity index (χ0) is 25.1. The molecule has 3 aliphatic heterocycles. The van der Waals surface area contributed by atoms with Gasteiger partial charge in [0.25, 0.3) is 0 Å². The number of carbonyl (C=O) groups excluding carboxylic acids is 3. The lowest BCUT2D eigenvalue weighted by Crippen LogP contribution is -2.55. The summed E-state index contributed by atoms with van der Waals surface area (Å²) in [7, 11) is 3.05. The molecule has 2 aromatic carbocycles.